The van der Waals surface area contributed by atoms with Gasteiger partial charge in [-0.15, -0.1) is 0 Å². The summed E-state index contributed by atoms with van der Waals surface area (Å²) in [6.07, 6.45) is -0.616. The van der Waals surface area contributed by atoms with Gasteiger partial charge in [-0.05, 0) is 54.7 Å². The normalized spacial score (nSPS) is 13.4. The van der Waals surface area contributed by atoms with E-state index in [2.05, 4.69) is 20.9 Å². The van der Waals surface area contributed by atoms with E-state index in [0.717, 1.165) is 0 Å². The van der Waals surface area contributed by atoms with Crippen LogP contribution in [0.15, 0.2) is 53.5 Å². The lowest BCUT2D eigenvalue weighted by molar-refractivity contribution is -0.142. The third kappa shape index (κ3) is 13.2. The molecule has 0 aliphatic rings. The van der Waals surface area contributed by atoms with Crippen LogP contribution in [0.3, 0.4) is 0 Å². The molecule has 13 N–H and O–H groups in total. The molecule has 0 heterocycles. The van der Waals surface area contributed by atoms with Crippen LogP contribution in [0.4, 0.5) is 0 Å². The maximum atomic E-state index is 13.4. The number of carboxylic acid groups (broad SMARTS) is 2. The number of aliphatic carboxylic acids is 2. The number of phenolic OH excluding ortho intramolecular Hbond substituents is 2. The monoisotopic (exact) mass is 629 g/mol. The molecule has 2 aromatic carbocycles. The van der Waals surface area contributed by atoms with Gasteiger partial charge in [-0.1, -0.05) is 24.3 Å². The zero-order chi connectivity index (χ0) is 33.5. The summed E-state index contributed by atoms with van der Waals surface area (Å²) >= 11 is 0. The molecule has 16 nitrogen and oxygen atoms in total. The lowest BCUT2D eigenvalue weighted by Crippen LogP contribution is -2.57. The molecule has 16 heteroatoms. The number of nitrogens with zero attached hydrogens (tertiary/aromatic N) is 1. The van der Waals surface area contributed by atoms with Gasteiger partial charge < -0.3 is 53.6 Å². The van der Waals surface area contributed by atoms with E-state index in [0.29, 0.717) is 17.5 Å². The van der Waals surface area contributed by atoms with Crippen LogP contribution < -0.4 is 33.2 Å². The summed E-state index contributed by atoms with van der Waals surface area (Å²) in [6.45, 7) is 0.213. The Labute approximate surface area is 258 Å². The highest BCUT2D eigenvalue weighted by atomic mass is 16.4. The third-order valence-electron chi connectivity index (χ3n) is 6.58. The van der Waals surface area contributed by atoms with Gasteiger partial charge in [-0.2, -0.15) is 0 Å². The number of aromatic hydroxyl groups is 2. The highest BCUT2D eigenvalue weighted by molar-refractivity contribution is 5.94. The smallest absolute Gasteiger partial charge is 0.326 e. The van der Waals surface area contributed by atoms with Crippen molar-refractivity contribution in [1.29, 1.82) is 0 Å². The third-order valence-corrected chi connectivity index (χ3v) is 6.58. The average Bonchev–Trinajstić information content (AvgIpc) is 2.98. The molecule has 0 aromatic heterocycles. The summed E-state index contributed by atoms with van der Waals surface area (Å²) in [7, 11) is 0. The van der Waals surface area contributed by atoms with E-state index in [1.165, 1.54) is 48.5 Å². The van der Waals surface area contributed by atoms with Gasteiger partial charge >= 0.3 is 11.9 Å². The van der Waals surface area contributed by atoms with Crippen molar-refractivity contribution in [2.45, 2.75) is 62.7 Å². The number of benzene rings is 2. The first kappa shape index (κ1) is 35.8. The van der Waals surface area contributed by atoms with Gasteiger partial charge in [0.1, 0.15) is 29.6 Å². The molecule has 0 radical (unpaired) electrons. The molecular weight excluding hydrogens is 590 g/mol. The van der Waals surface area contributed by atoms with Gasteiger partial charge in [0.05, 0.1) is 6.04 Å². The first-order valence-corrected chi connectivity index (χ1v) is 14.0. The number of guanidine groups is 1. The summed E-state index contributed by atoms with van der Waals surface area (Å²) < 4.78 is 0. The van der Waals surface area contributed by atoms with Crippen molar-refractivity contribution in [3.63, 3.8) is 0 Å². The first-order valence-electron chi connectivity index (χ1n) is 14.0. The second kappa shape index (κ2) is 17.7. The SMILES string of the molecule is NC(N)=NCCCC(N)C(=O)NC(CCC(=O)O)C(=O)NC(Cc1ccc(O)cc1)C(=O)NC(Cc1ccc(O)cc1)C(=O)O. The predicted molar refractivity (Wildman–Crippen MR) is 162 cm³/mol. The minimum Gasteiger partial charge on any atom is -0.508 e. The molecule has 2 rings (SSSR count). The van der Waals surface area contributed by atoms with Gasteiger partial charge in [-0.25, -0.2) is 4.79 Å². The van der Waals surface area contributed by atoms with Crippen LogP contribution in [-0.4, -0.2) is 86.8 Å². The minimum absolute atomic E-state index is 0.0252. The molecular formula is C29H39N7O9. The summed E-state index contributed by atoms with van der Waals surface area (Å²) in [5.41, 5.74) is 17.5. The van der Waals surface area contributed by atoms with E-state index in [4.69, 9.17) is 17.2 Å². The van der Waals surface area contributed by atoms with E-state index >= 15 is 0 Å². The number of amides is 3. The molecule has 0 aliphatic heterocycles. The van der Waals surface area contributed by atoms with Crippen LogP contribution in [-0.2, 0) is 36.8 Å². The number of rotatable bonds is 18. The van der Waals surface area contributed by atoms with Crippen LogP contribution in [0.1, 0.15) is 36.8 Å². The Bertz CT molecular complexity index is 1350. The van der Waals surface area contributed by atoms with E-state index < -0.39 is 60.2 Å². The Kier molecular flexibility index (Phi) is 14.1. The number of hydrogen-bond donors (Lipinski definition) is 10. The fourth-order valence-electron chi connectivity index (χ4n) is 4.16. The Morgan fingerprint density at radius 2 is 1.16 bits per heavy atom. The van der Waals surface area contributed by atoms with Crippen LogP contribution >= 0.6 is 0 Å². The Balaban J connectivity index is 2.24. The van der Waals surface area contributed by atoms with Crippen molar-refractivity contribution < 1.29 is 44.4 Å². The van der Waals surface area contributed by atoms with Gasteiger partial charge in [-0.3, -0.25) is 24.2 Å². The Morgan fingerprint density at radius 3 is 1.64 bits per heavy atom. The molecule has 3 amide bonds. The molecule has 0 spiro atoms. The molecule has 2 aromatic rings. The van der Waals surface area contributed by atoms with E-state index in [1.807, 2.05) is 0 Å². The highest BCUT2D eigenvalue weighted by Crippen LogP contribution is 2.14. The number of aliphatic imine (C=N–C) groups is 1. The lowest BCUT2D eigenvalue weighted by atomic mass is 10.0. The van der Waals surface area contributed by atoms with Crippen LogP contribution in [0.25, 0.3) is 0 Å². The van der Waals surface area contributed by atoms with Crippen molar-refractivity contribution in [3.05, 3.63) is 59.7 Å². The number of carboxylic acids is 2. The maximum Gasteiger partial charge on any atom is 0.326 e. The second-order valence-corrected chi connectivity index (χ2v) is 10.3. The molecule has 4 atom stereocenters. The summed E-state index contributed by atoms with van der Waals surface area (Å²) in [6, 6.07) is 6.17. The van der Waals surface area contributed by atoms with Gasteiger partial charge in [0, 0.05) is 25.8 Å². The van der Waals surface area contributed by atoms with Gasteiger partial charge in [0.25, 0.3) is 0 Å². The second-order valence-electron chi connectivity index (χ2n) is 10.3. The fourth-order valence-corrected chi connectivity index (χ4v) is 4.16. The van der Waals surface area contributed by atoms with Crippen LogP contribution in [0, 0.1) is 0 Å². The van der Waals surface area contributed by atoms with Crippen molar-refractivity contribution in [1.82, 2.24) is 16.0 Å². The molecule has 45 heavy (non-hydrogen) atoms. The topological polar surface area (TPSA) is 293 Å². The zero-order valence-electron chi connectivity index (χ0n) is 24.4. The zero-order valence-corrected chi connectivity index (χ0v) is 24.4. The number of nitrogens with one attached hydrogen (secondary N) is 3. The van der Waals surface area contributed by atoms with Crippen molar-refractivity contribution >= 4 is 35.6 Å². The van der Waals surface area contributed by atoms with Crippen LogP contribution in [0.5, 0.6) is 11.5 Å². The van der Waals surface area contributed by atoms with Crippen molar-refractivity contribution in [2.75, 3.05) is 6.54 Å². The number of hydrogen-bond acceptors (Lipinski definition) is 9. The van der Waals surface area contributed by atoms with Crippen molar-refractivity contribution in [3.8, 4) is 11.5 Å². The van der Waals surface area contributed by atoms with Crippen LogP contribution in [0.2, 0.25) is 0 Å². The molecule has 0 bridgehead atoms. The van der Waals surface area contributed by atoms with E-state index in [-0.39, 0.29) is 49.7 Å². The molecule has 0 fully saturated rings. The molecule has 0 saturated heterocycles. The quantitative estimate of drug-likeness (QED) is 0.0521. The largest absolute Gasteiger partial charge is 0.508 e. The average molecular weight is 630 g/mol. The maximum absolute atomic E-state index is 13.4. The fraction of sp³-hybridized carbons (Fsp3) is 0.379. The van der Waals surface area contributed by atoms with Crippen molar-refractivity contribution in [2.24, 2.45) is 22.2 Å². The molecule has 244 valence electrons. The first-order chi connectivity index (χ1) is 21.2. The summed E-state index contributed by atoms with van der Waals surface area (Å²) in [5, 5.41) is 45.4. The van der Waals surface area contributed by atoms with E-state index in [9.17, 15) is 44.4 Å². The molecule has 0 aliphatic carbocycles. The van der Waals surface area contributed by atoms with Gasteiger partial charge in [0.2, 0.25) is 17.7 Å². The Morgan fingerprint density at radius 1 is 0.689 bits per heavy atom. The minimum atomic E-state index is -1.42. The number of nitrogens with two attached hydrogens (primary N) is 3. The number of phenols is 2. The molecule has 4 unspecified atom stereocenters. The lowest BCUT2D eigenvalue weighted by Gasteiger charge is -2.25. The number of carbonyl (C=O) groups excluding carboxylic acids is 3. The Hall–Kier alpha value is -5.38. The highest BCUT2D eigenvalue weighted by Gasteiger charge is 2.31. The van der Waals surface area contributed by atoms with Gasteiger partial charge in [0.15, 0.2) is 5.96 Å². The van der Waals surface area contributed by atoms with E-state index in [1.54, 1.807) is 0 Å². The molecule has 0 saturated carbocycles. The standard InChI is InChI=1S/C29H39N7O9/c30-20(2-1-13-33-29(31)32)25(41)34-21(11-12-24(39)40)26(42)35-22(14-16-3-7-18(37)8-4-16)27(43)36-23(28(44)45)15-17-5-9-19(38)10-6-17/h3-10,20-23,37-38H,1-2,11-15,30H2,(H,34,41)(H,35,42)(H,36,43)(H,39,40)(H,44,45)(H4,31,32,33). The summed E-state index contributed by atoms with van der Waals surface area (Å²) in [5.74, 6) is -5.31. The summed E-state index contributed by atoms with van der Waals surface area (Å²) in [4.78, 5) is 66.6. The number of carbonyl (C=O) groups is 5. The predicted octanol–water partition coefficient (Wildman–Crippen LogP) is -1.33.